The summed E-state index contributed by atoms with van der Waals surface area (Å²) in [6.07, 6.45) is 6.82. The number of hydrogen-bond acceptors (Lipinski definition) is 5. The van der Waals surface area contributed by atoms with Crippen molar-refractivity contribution >= 4 is 0 Å². The van der Waals surface area contributed by atoms with E-state index in [1.54, 1.807) is 0 Å². The summed E-state index contributed by atoms with van der Waals surface area (Å²) in [5.41, 5.74) is -0.139. The molecule has 2 atom stereocenters. The van der Waals surface area contributed by atoms with Gasteiger partial charge in [-0.3, -0.25) is 0 Å². The van der Waals surface area contributed by atoms with Gasteiger partial charge in [0.25, 0.3) is 0 Å². The van der Waals surface area contributed by atoms with Crippen LogP contribution in [-0.2, 0) is 16.7 Å². The van der Waals surface area contributed by atoms with Crippen LogP contribution < -0.4 is 5.32 Å². The van der Waals surface area contributed by atoms with Crippen molar-refractivity contribution in [1.29, 1.82) is 0 Å². The van der Waals surface area contributed by atoms with Crippen LogP contribution in [-0.4, -0.2) is 29.4 Å². The molecule has 1 N–H and O–H groups in total. The zero-order valence-electron chi connectivity index (χ0n) is 10.9. The minimum atomic E-state index is -0.139. The molecule has 0 aliphatic carbocycles. The summed E-state index contributed by atoms with van der Waals surface area (Å²) in [5, 5.41) is 7.59. The highest BCUT2D eigenvalue weighted by atomic mass is 16.5. The Hall–Kier alpha value is -0.940. The van der Waals surface area contributed by atoms with Crippen molar-refractivity contribution in [3.63, 3.8) is 0 Å². The first-order valence-electron chi connectivity index (χ1n) is 6.96. The molecule has 0 aromatic carbocycles. The maximum Gasteiger partial charge on any atom is 0.246 e. The second kappa shape index (κ2) is 4.97. The number of ether oxygens (including phenoxy) is 1. The number of piperidine rings is 1. The summed E-state index contributed by atoms with van der Waals surface area (Å²) in [5.74, 6) is 1.51. The first-order chi connectivity index (χ1) is 8.76. The van der Waals surface area contributed by atoms with Crippen molar-refractivity contribution in [1.82, 2.24) is 15.5 Å². The third-order valence-corrected chi connectivity index (χ3v) is 3.99. The monoisotopic (exact) mass is 251 g/mol. The lowest BCUT2D eigenvalue weighted by atomic mass is 9.91. The lowest BCUT2D eigenvalue weighted by molar-refractivity contribution is 0.109. The lowest BCUT2D eigenvalue weighted by Gasteiger charge is -2.31. The Morgan fingerprint density at radius 1 is 1.39 bits per heavy atom. The van der Waals surface area contributed by atoms with E-state index in [0.717, 1.165) is 50.6 Å². The van der Waals surface area contributed by atoms with Crippen LogP contribution in [0.1, 0.15) is 50.7 Å². The molecule has 0 bridgehead atoms. The molecule has 1 aromatic rings. The highest BCUT2D eigenvalue weighted by Gasteiger charge is 2.34. The topological polar surface area (TPSA) is 60.2 Å². The smallest absolute Gasteiger partial charge is 0.246 e. The Labute approximate surface area is 107 Å². The van der Waals surface area contributed by atoms with Gasteiger partial charge in [-0.15, -0.1) is 0 Å². The van der Waals surface area contributed by atoms with E-state index >= 15 is 0 Å². The van der Waals surface area contributed by atoms with Crippen LogP contribution >= 0.6 is 0 Å². The van der Waals surface area contributed by atoms with Gasteiger partial charge in [-0.05, 0) is 45.6 Å². The van der Waals surface area contributed by atoms with E-state index in [1.165, 1.54) is 12.8 Å². The van der Waals surface area contributed by atoms with E-state index < -0.39 is 0 Å². The van der Waals surface area contributed by atoms with Gasteiger partial charge in [0.1, 0.15) is 0 Å². The van der Waals surface area contributed by atoms with E-state index in [4.69, 9.17) is 9.26 Å². The Morgan fingerprint density at radius 3 is 3.06 bits per heavy atom. The van der Waals surface area contributed by atoms with Crippen molar-refractivity contribution in [3.05, 3.63) is 11.7 Å². The number of nitrogens with one attached hydrogen (secondary N) is 1. The van der Waals surface area contributed by atoms with Gasteiger partial charge in [0.2, 0.25) is 5.89 Å². The molecule has 2 aliphatic heterocycles. The van der Waals surface area contributed by atoms with Crippen molar-refractivity contribution in [3.8, 4) is 0 Å². The Bertz CT molecular complexity index is 393. The summed E-state index contributed by atoms with van der Waals surface area (Å²) in [6.45, 7) is 4.05. The molecule has 100 valence electrons. The van der Waals surface area contributed by atoms with Gasteiger partial charge in [0.15, 0.2) is 5.82 Å². The third kappa shape index (κ3) is 2.42. The van der Waals surface area contributed by atoms with Crippen LogP contribution in [0.15, 0.2) is 4.52 Å². The average molecular weight is 251 g/mol. The van der Waals surface area contributed by atoms with Gasteiger partial charge in [-0.25, -0.2) is 0 Å². The molecular weight excluding hydrogens is 230 g/mol. The molecule has 0 saturated carbocycles. The minimum Gasteiger partial charge on any atom is -0.378 e. The summed E-state index contributed by atoms with van der Waals surface area (Å²) in [7, 11) is 0. The maximum absolute atomic E-state index is 5.60. The highest BCUT2D eigenvalue weighted by Crippen LogP contribution is 2.28. The molecule has 2 fully saturated rings. The number of aromatic nitrogens is 2. The van der Waals surface area contributed by atoms with Crippen molar-refractivity contribution < 1.29 is 9.26 Å². The van der Waals surface area contributed by atoms with Crippen molar-refractivity contribution in [2.75, 3.05) is 13.2 Å². The van der Waals surface area contributed by atoms with Gasteiger partial charge in [-0.1, -0.05) is 5.16 Å². The van der Waals surface area contributed by atoms with Crippen LogP contribution in [0.4, 0.5) is 0 Å². The predicted molar refractivity (Wildman–Crippen MR) is 66.2 cm³/mol. The fraction of sp³-hybridized carbons (Fsp3) is 0.846. The van der Waals surface area contributed by atoms with Gasteiger partial charge in [-0.2, -0.15) is 4.98 Å². The second-order valence-corrected chi connectivity index (χ2v) is 5.57. The van der Waals surface area contributed by atoms with Gasteiger partial charge in [0.05, 0.1) is 11.6 Å². The summed E-state index contributed by atoms with van der Waals surface area (Å²) < 4.78 is 11.0. The van der Waals surface area contributed by atoms with Crippen LogP contribution in [0.25, 0.3) is 0 Å². The fourth-order valence-corrected chi connectivity index (χ4v) is 2.81. The normalized spacial score (nSPS) is 32.8. The first kappa shape index (κ1) is 12.1. The molecule has 5 heteroatoms. The number of hydrogen-bond donors (Lipinski definition) is 1. The van der Waals surface area contributed by atoms with Gasteiger partial charge < -0.3 is 14.6 Å². The average Bonchev–Trinajstić information content (AvgIpc) is 3.02. The third-order valence-electron chi connectivity index (χ3n) is 3.99. The molecule has 2 aliphatic rings. The molecule has 0 amide bonds. The molecule has 0 spiro atoms. The first-order valence-corrected chi connectivity index (χ1v) is 6.96. The number of nitrogens with zero attached hydrogens (tertiary/aromatic N) is 2. The minimum absolute atomic E-state index is 0.139. The van der Waals surface area contributed by atoms with Crippen molar-refractivity contribution in [2.45, 2.75) is 57.1 Å². The molecule has 3 heterocycles. The lowest BCUT2D eigenvalue weighted by Crippen LogP contribution is -2.43. The Kier molecular flexibility index (Phi) is 3.35. The van der Waals surface area contributed by atoms with E-state index in [2.05, 4.69) is 22.4 Å². The van der Waals surface area contributed by atoms with Crippen molar-refractivity contribution in [2.24, 2.45) is 0 Å². The molecule has 1 aromatic heterocycles. The quantitative estimate of drug-likeness (QED) is 0.887. The zero-order chi connectivity index (χ0) is 12.4. The Balaban J connectivity index is 1.68. The molecule has 3 rings (SSSR count). The predicted octanol–water partition coefficient (Wildman–Crippen LogP) is 1.78. The summed E-state index contributed by atoms with van der Waals surface area (Å²) in [4.78, 5) is 4.55. The van der Waals surface area contributed by atoms with Crippen LogP contribution in [0.5, 0.6) is 0 Å². The highest BCUT2D eigenvalue weighted by molar-refractivity contribution is 5.03. The second-order valence-electron chi connectivity index (χ2n) is 5.57. The van der Waals surface area contributed by atoms with Crippen LogP contribution in [0.2, 0.25) is 0 Å². The standard InChI is InChI=1S/C13H21N3O2/c1-13(6-2-3-7-14-13)12-15-11(16-18-12)9-10-5-4-8-17-10/h10,14H,2-9H2,1H3. The van der Waals surface area contributed by atoms with Crippen LogP contribution in [0, 0.1) is 0 Å². The van der Waals surface area contributed by atoms with Gasteiger partial charge in [0, 0.05) is 13.0 Å². The van der Waals surface area contributed by atoms with Crippen LogP contribution in [0.3, 0.4) is 0 Å². The summed E-state index contributed by atoms with van der Waals surface area (Å²) in [6, 6.07) is 0. The largest absolute Gasteiger partial charge is 0.378 e. The van der Waals surface area contributed by atoms with Gasteiger partial charge >= 0.3 is 0 Å². The fourth-order valence-electron chi connectivity index (χ4n) is 2.81. The number of rotatable bonds is 3. The molecule has 18 heavy (non-hydrogen) atoms. The SMILES string of the molecule is CC1(c2nc(CC3CCCO3)no2)CCCCN1. The maximum atomic E-state index is 5.60. The van der Waals surface area contributed by atoms with E-state index in [9.17, 15) is 0 Å². The molecule has 2 unspecified atom stereocenters. The molecule has 5 nitrogen and oxygen atoms in total. The molecule has 0 radical (unpaired) electrons. The molecule has 2 saturated heterocycles. The van der Waals surface area contributed by atoms with E-state index in [0.29, 0.717) is 0 Å². The molecular formula is C13H21N3O2. The summed E-state index contributed by atoms with van der Waals surface area (Å²) >= 11 is 0. The van der Waals surface area contributed by atoms with E-state index in [-0.39, 0.29) is 11.6 Å². The zero-order valence-corrected chi connectivity index (χ0v) is 10.9. The Morgan fingerprint density at radius 2 is 2.33 bits per heavy atom. The van der Waals surface area contributed by atoms with E-state index in [1.807, 2.05) is 0 Å².